The lowest BCUT2D eigenvalue weighted by molar-refractivity contribution is -0.114. The smallest absolute Gasteiger partial charge is 0.282 e. The number of hydrogen-bond acceptors (Lipinski definition) is 5. The van der Waals surface area contributed by atoms with Crippen LogP contribution in [0.15, 0.2) is 65.5 Å². The van der Waals surface area contributed by atoms with Gasteiger partial charge in [-0.1, -0.05) is 42.5 Å². The predicted molar refractivity (Wildman–Crippen MR) is 127 cm³/mol. The molecule has 5 nitrogen and oxygen atoms in total. The van der Waals surface area contributed by atoms with Crippen LogP contribution in [0, 0.1) is 10.6 Å². The molecule has 0 radical (unpaired) electrons. The third-order valence-electron chi connectivity index (χ3n) is 4.51. The number of hydrogen-bond donors (Lipinski definition) is 2. The molecule has 2 heterocycles. The summed E-state index contributed by atoms with van der Waals surface area (Å²) in [7, 11) is 0. The van der Waals surface area contributed by atoms with Crippen molar-refractivity contribution in [2.45, 2.75) is 12.2 Å². The number of nitrogens with one attached hydrogen (secondary N) is 2. The molecule has 0 saturated carbocycles. The minimum Gasteiger partial charge on any atom is -0.322 e. The molecular formula is C22H18FN3O2S3. The fraction of sp³-hybridized carbons (Fsp3) is 0.136. The van der Waals surface area contributed by atoms with Crippen molar-refractivity contribution >= 4 is 51.4 Å². The molecule has 1 amide bonds. The summed E-state index contributed by atoms with van der Waals surface area (Å²) in [6.45, 7) is 0. The molecule has 0 saturated heterocycles. The Morgan fingerprint density at radius 2 is 1.87 bits per heavy atom. The first-order valence-corrected chi connectivity index (χ1v) is 11.8. The van der Waals surface area contributed by atoms with Crippen molar-refractivity contribution in [3.63, 3.8) is 0 Å². The molecule has 2 N–H and O–H groups in total. The fourth-order valence-corrected chi connectivity index (χ4v) is 5.20. The average Bonchev–Trinajstić information content (AvgIpc) is 3.15. The molecule has 31 heavy (non-hydrogen) atoms. The molecule has 0 aliphatic rings. The van der Waals surface area contributed by atoms with Gasteiger partial charge in [-0.2, -0.15) is 4.68 Å². The number of fused-ring (bicyclic) bond motifs is 1. The minimum absolute atomic E-state index is 0.138. The van der Waals surface area contributed by atoms with Gasteiger partial charge in [0.25, 0.3) is 5.56 Å². The van der Waals surface area contributed by atoms with Crippen LogP contribution in [-0.4, -0.2) is 21.3 Å². The number of carbonyl (C=O) groups excluding carboxylic acids is 1. The Kier molecular flexibility index (Phi) is 6.64. The maximum Gasteiger partial charge on any atom is 0.282 e. The van der Waals surface area contributed by atoms with Crippen LogP contribution in [0.4, 0.5) is 4.39 Å². The standard InChI is InChI=1S/C22H18FN3O2S3/c23-16-8-6-15(7-9-16)12-30-13-19(27)25-26-21(28)18-11-17(31-20(18)24-22(26)29)10-14-4-2-1-3-5-14/h1-9,11H,10,12-13H2,(H,24,29)(H,25,27). The molecule has 4 rings (SSSR count). The lowest BCUT2D eigenvalue weighted by atomic mass is 10.1. The highest BCUT2D eigenvalue weighted by Crippen LogP contribution is 2.23. The van der Waals surface area contributed by atoms with Gasteiger partial charge in [0, 0.05) is 17.1 Å². The highest BCUT2D eigenvalue weighted by molar-refractivity contribution is 7.99. The number of rotatable bonds is 7. The van der Waals surface area contributed by atoms with Crippen LogP contribution in [0.25, 0.3) is 10.2 Å². The van der Waals surface area contributed by atoms with Gasteiger partial charge in [0.05, 0.1) is 11.1 Å². The molecule has 0 bridgehead atoms. The van der Waals surface area contributed by atoms with E-state index >= 15 is 0 Å². The van der Waals surface area contributed by atoms with Gasteiger partial charge in [-0.15, -0.1) is 23.1 Å². The van der Waals surface area contributed by atoms with E-state index in [4.69, 9.17) is 12.2 Å². The predicted octanol–water partition coefficient (Wildman–Crippen LogP) is 4.85. The molecule has 2 aromatic heterocycles. The minimum atomic E-state index is -0.355. The van der Waals surface area contributed by atoms with Crippen molar-refractivity contribution in [1.29, 1.82) is 0 Å². The SMILES string of the molecule is O=C(CSCc1ccc(F)cc1)Nn1c(=S)[nH]c2sc(Cc3ccccc3)cc2c1=O. The summed E-state index contributed by atoms with van der Waals surface area (Å²) in [6, 6.07) is 18.0. The van der Waals surface area contributed by atoms with E-state index in [1.54, 1.807) is 12.1 Å². The first kappa shape index (κ1) is 21.5. The highest BCUT2D eigenvalue weighted by Gasteiger charge is 2.12. The monoisotopic (exact) mass is 471 g/mol. The quantitative estimate of drug-likeness (QED) is 0.378. The summed E-state index contributed by atoms with van der Waals surface area (Å²) < 4.78 is 14.2. The molecule has 0 fully saturated rings. The number of benzene rings is 2. The summed E-state index contributed by atoms with van der Waals surface area (Å²) in [6.07, 6.45) is 0.715. The molecule has 0 aliphatic carbocycles. The average molecular weight is 472 g/mol. The van der Waals surface area contributed by atoms with E-state index in [0.29, 0.717) is 22.4 Å². The van der Waals surface area contributed by atoms with Crippen LogP contribution in [0.2, 0.25) is 0 Å². The first-order chi connectivity index (χ1) is 15.0. The van der Waals surface area contributed by atoms with Crippen molar-refractivity contribution in [3.05, 3.63) is 97.6 Å². The summed E-state index contributed by atoms with van der Waals surface area (Å²) in [4.78, 5) is 30.0. The number of aromatic amines is 1. The molecule has 0 atom stereocenters. The van der Waals surface area contributed by atoms with Gasteiger partial charge in [-0.05, 0) is 41.5 Å². The van der Waals surface area contributed by atoms with E-state index in [-0.39, 0.29) is 27.8 Å². The fourth-order valence-electron chi connectivity index (χ4n) is 3.04. The van der Waals surface area contributed by atoms with E-state index in [9.17, 15) is 14.0 Å². The maximum atomic E-state index is 13.0. The van der Waals surface area contributed by atoms with E-state index in [2.05, 4.69) is 10.4 Å². The van der Waals surface area contributed by atoms with Crippen LogP contribution >= 0.6 is 35.3 Å². The summed E-state index contributed by atoms with van der Waals surface area (Å²) >= 11 is 8.13. The molecule has 4 aromatic rings. The Morgan fingerprint density at radius 3 is 2.61 bits per heavy atom. The second-order valence-electron chi connectivity index (χ2n) is 6.84. The summed E-state index contributed by atoms with van der Waals surface area (Å²) in [5.74, 6) is 0.0603. The molecule has 0 spiro atoms. The van der Waals surface area contributed by atoms with Gasteiger partial charge in [0.15, 0.2) is 0 Å². The molecule has 158 valence electrons. The van der Waals surface area contributed by atoms with Crippen LogP contribution in [0.3, 0.4) is 0 Å². The second-order valence-corrected chi connectivity index (χ2v) is 9.35. The molecule has 0 unspecified atom stereocenters. The van der Waals surface area contributed by atoms with E-state index < -0.39 is 0 Å². The number of H-pyrrole nitrogens is 1. The number of amides is 1. The Balaban J connectivity index is 1.45. The van der Waals surface area contributed by atoms with Crippen LogP contribution in [0.1, 0.15) is 16.0 Å². The van der Waals surface area contributed by atoms with Crippen LogP contribution < -0.4 is 11.0 Å². The lowest BCUT2D eigenvalue weighted by Crippen LogP contribution is -2.35. The number of thiophene rings is 1. The van der Waals surface area contributed by atoms with Crippen molar-refractivity contribution in [3.8, 4) is 0 Å². The van der Waals surface area contributed by atoms with Gasteiger partial charge in [-0.3, -0.25) is 15.0 Å². The zero-order chi connectivity index (χ0) is 21.8. The Morgan fingerprint density at radius 1 is 1.13 bits per heavy atom. The normalized spacial score (nSPS) is 11.0. The first-order valence-electron chi connectivity index (χ1n) is 9.43. The zero-order valence-corrected chi connectivity index (χ0v) is 18.7. The highest BCUT2D eigenvalue weighted by atomic mass is 32.2. The van der Waals surface area contributed by atoms with E-state index in [0.717, 1.165) is 20.7 Å². The number of thioether (sulfide) groups is 1. The van der Waals surface area contributed by atoms with Crippen molar-refractivity contribution in [2.24, 2.45) is 0 Å². The molecule has 0 aliphatic heterocycles. The van der Waals surface area contributed by atoms with E-state index in [1.807, 2.05) is 36.4 Å². The topological polar surface area (TPSA) is 66.9 Å². The zero-order valence-electron chi connectivity index (χ0n) is 16.3. The summed E-state index contributed by atoms with van der Waals surface area (Å²) in [5.41, 5.74) is 4.29. The Bertz CT molecular complexity index is 1330. The second kappa shape index (κ2) is 9.59. The number of nitrogens with zero attached hydrogens (tertiary/aromatic N) is 1. The number of carbonyl (C=O) groups is 1. The van der Waals surface area contributed by atoms with E-state index in [1.165, 1.54) is 35.2 Å². The largest absolute Gasteiger partial charge is 0.322 e. The van der Waals surface area contributed by atoms with Gasteiger partial charge in [0.2, 0.25) is 10.7 Å². The summed E-state index contributed by atoms with van der Waals surface area (Å²) in [5, 5.41) is 0.490. The Labute approximate surface area is 190 Å². The van der Waals surface area contributed by atoms with Gasteiger partial charge in [-0.25, -0.2) is 4.39 Å². The van der Waals surface area contributed by atoms with Crippen molar-refractivity contribution < 1.29 is 9.18 Å². The molecule has 2 aromatic carbocycles. The molecule has 9 heteroatoms. The van der Waals surface area contributed by atoms with Gasteiger partial charge < -0.3 is 4.98 Å². The van der Waals surface area contributed by atoms with Gasteiger partial charge in [0.1, 0.15) is 10.6 Å². The van der Waals surface area contributed by atoms with Crippen LogP contribution in [0.5, 0.6) is 0 Å². The third kappa shape index (κ3) is 5.30. The van der Waals surface area contributed by atoms with Crippen LogP contribution in [-0.2, 0) is 17.0 Å². The van der Waals surface area contributed by atoms with Crippen molar-refractivity contribution in [1.82, 2.24) is 9.66 Å². The third-order valence-corrected chi connectivity index (χ3v) is 6.85. The van der Waals surface area contributed by atoms with Crippen molar-refractivity contribution in [2.75, 3.05) is 11.2 Å². The Hall–Kier alpha value is -2.75. The number of halogens is 1. The number of aromatic nitrogens is 2. The lowest BCUT2D eigenvalue weighted by Gasteiger charge is -2.08. The molecular weight excluding hydrogens is 453 g/mol. The maximum absolute atomic E-state index is 13.0. The van der Waals surface area contributed by atoms with Gasteiger partial charge >= 0.3 is 0 Å².